The van der Waals surface area contributed by atoms with Crippen LogP contribution in [0.2, 0.25) is 0 Å². The zero-order chi connectivity index (χ0) is 18.9. The van der Waals surface area contributed by atoms with Gasteiger partial charge in [0, 0.05) is 6.42 Å². The van der Waals surface area contributed by atoms with Crippen molar-refractivity contribution in [2.24, 2.45) is 0 Å². The van der Waals surface area contributed by atoms with Crippen molar-refractivity contribution in [3.63, 3.8) is 0 Å². The molecular weight excluding hydrogens is 353 g/mol. The molecule has 23 heavy (non-hydrogen) atoms. The average Bonchev–Trinajstić information content (AvgIpc) is 2.43. The Bertz CT molecular complexity index is 388. The van der Waals surface area contributed by atoms with E-state index < -0.39 is 55.0 Å². The molecule has 0 heterocycles. The molecule has 0 aliphatic carbocycles. The second kappa shape index (κ2) is 6.62. The third-order valence-corrected chi connectivity index (χ3v) is 3.32. The SMILES string of the molecule is CCCCC(F)C(F)(F)C(F)(F)C(F)(F)C(F)(F)C(F)(F)CC. The van der Waals surface area contributed by atoms with Gasteiger partial charge in [-0.05, 0) is 6.42 Å². The van der Waals surface area contributed by atoms with Gasteiger partial charge in [0.15, 0.2) is 6.17 Å². The number of alkyl halides is 11. The first-order valence-corrected chi connectivity index (χ1v) is 6.57. The Hall–Kier alpha value is -0.770. The minimum absolute atomic E-state index is 0.0303. The van der Waals surface area contributed by atoms with Gasteiger partial charge in [0.1, 0.15) is 0 Å². The van der Waals surface area contributed by atoms with Crippen LogP contribution in [-0.2, 0) is 0 Å². The first-order valence-electron chi connectivity index (χ1n) is 6.57. The van der Waals surface area contributed by atoms with Crippen molar-refractivity contribution in [2.45, 2.75) is 75.3 Å². The van der Waals surface area contributed by atoms with Crippen LogP contribution in [0.4, 0.5) is 48.3 Å². The van der Waals surface area contributed by atoms with Crippen LogP contribution in [0.15, 0.2) is 0 Å². The van der Waals surface area contributed by atoms with E-state index >= 15 is 0 Å². The van der Waals surface area contributed by atoms with Gasteiger partial charge < -0.3 is 0 Å². The summed E-state index contributed by atoms with van der Waals surface area (Å²) in [6, 6.07) is 0. The maximum absolute atomic E-state index is 13.3. The van der Waals surface area contributed by atoms with Gasteiger partial charge in [-0.2, -0.15) is 43.9 Å². The van der Waals surface area contributed by atoms with Crippen molar-refractivity contribution in [2.75, 3.05) is 0 Å². The highest BCUT2D eigenvalue weighted by atomic mass is 19.4. The summed E-state index contributed by atoms with van der Waals surface area (Å²) in [6.07, 6.45) is -7.60. The number of hydrogen-bond acceptors (Lipinski definition) is 0. The lowest BCUT2D eigenvalue weighted by Crippen LogP contribution is -2.68. The monoisotopic (exact) mass is 368 g/mol. The zero-order valence-electron chi connectivity index (χ0n) is 12.1. The summed E-state index contributed by atoms with van der Waals surface area (Å²) >= 11 is 0. The van der Waals surface area contributed by atoms with Crippen molar-refractivity contribution < 1.29 is 48.3 Å². The van der Waals surface area contributed by atoms with Crippen molar-refractivity contribution in [3.8, 4) is 0 Å². The first kappa shape index (κ1) is 22.2. The highest BCUT2D eigenvalue weighted by Gasteiger charge is 2.86. The molecule has 0 bridgehead atoms. The van der Waals surface area contributed by atoms with E-state index in [-0.39, 0.29) is 13.3 Å². The zero-order valence-corrected chi connectivity index (χ0v) is 12.1. The Labute approximate surface area is 125 Å². The summed E-state index contributed by atoms with van der Waals surface area (Å²) in [5.74, 6) is -32.9. The van der Waals surface area contributed by atoms with Gasteiger partial charge in [-0.1, -0.05) is 26.7 Å². The van der Waals surface area contributed by atoms with Gasteiger partial charge in [-0.15, -0.1) is 0 Å². The number of rotatable bonds is 9. The van der Waals surface area contributed by atoms with Crippen molar-refractivity contribution in [1.82, 2.24) is 0 Å². The standard InChI is InChI=1S/C12H15F11/c1-3-5-6-7(13)9(16,17)11(20,21)12(22,23)10(18,19)8(14,15)4-2/h7H,3-6H2,1-2H3. The predicted octanol–water partition coefficient (Wildman–Crippen LogP) is 6.10. The molecule has 1 atom stereocenters. The summed E-state index contributed by atoms with van der Waals surface area (Å²) in [4.78, 5) is 0. The van der Waals surface area contributed by atoms with Crippen LogP contribution in [0.3, 0.4) is 0 Å². The molecule has 0 fully saturated rings. The van der Waals surface area contributed by atoms with Crippen molar-refractivity contribution in [3.05, 3.63) is 0 Å². The third-order valence-electron chi connectivity index (χ3n) is 3.32. The smallest absolute Gasteiger partial charge is 0.241 e. The van der Waals surface area contributed by atoms with Gasteiger partial charge in [0.25, 0.3) is 0 Å². The minimum Gasteiger partial charge on any atom is -0.241 e. The Kier molecular flexibility index (Phi) is 6.40. The van der Waals surface area contributed by atoms with Gasteiger partial charge in [-0.25, -0.2) is 4.39 Å². The van der Waals surface area contributed by atoms with E-state index in [1.165, 1.54) is 6.92 Å². The molecule has 1 unspecified atom stereocenters. The maximum Gasteiger partial charge on any atom is 0.384 e. The van der Waals surface area contributed by atoms with Gasteiger partial charge in [-0.3, -0.25) is 0 Å². The molecule has 0 saturated carbocycles. The van der Waals surface area contributed by atoms with Gasteiger partial charge >= 0.3 is 29.6 Å². The fraction of sp³-hybridized carbons (Fsp3) is 1.00. The molecule has 140 valence electrons. The molecular formula is C12H15F11. The fourth-order valence-electron chi connectivity index (χ4n) is 1.62. The molecule has 0 aliphatic heterocycles. The normalized spacial score (nSPS) is 16.6. The number of halogens is 11. The summed E-state index contributed by atoms with van der Waals surface area (Å²) in [5.41, 5.74) is 0. The van der Waals surface area contributed by atoms with Crippen LogP contribution in [0, 0.1) is 0 Å². The lowest BCUT2D eigenvalue weighted by Gasteiger charge is -2.40. The Morgan fingerprint density at radius 1 is 0.696 bits per heavy atom. The van der Waals surface area contributed by atoms with E-state index in [9.17, 15) is 48.3 Å². The highest BCUT2D eigenvalue weighted by molar-refractivity contribution is 5.09. The van der Waals surface area contributed by atoms with E-state index in [4.69, 9.17) is 0 Å². The van der Waals surface area contributed by atoms with Gasteiger partial charge in [0.2, 0.25) is 0 Å². The predicted molar refractivity (Wildman–Crippen MR) is 59.4 cm³/mol. The van der Waals surface area contributed by atoms with Crippen molar-refractivity contribution in [1.29, 1.82) is 0 Å². The molecule has 0 amide bonds. The molecule has 0 aliphatic rings. The summed E-state index contributed by atoms with van der Waals surface area (Å²) in [5, 5.41) is 0. The van der Waals surface area contributed by atoms with E-state index in [0.717, 1.165) is 0 Å². The number of unbranched alkanes of at least 4 members (excludes halogenated alkanes) is 1. The van der Waals surface area contributed by atoms with Crippen molar-refractivity contribution >= 4 is 0 Å². The summed E-state index contributed by atoms with van der Waals surface area (Å²) in [7, 11) is 0. The molecule has 0 rings (SSSR count). The second-order valence-electron chi connectivity index (χ2n) is 5.01. The highest BCUT2D eigenvalue weighted by Crippen LogP contribution is 2.58. The van der Waals surface area contributed by atoms with Crippen LogP contribution in [-0.4, -0.2) is 35.8 Å². The molecule has 11 heteroatoms. The quantitative estimate of drug-likeness (QED) is 0.431. The Balaban J connectivity index is 5.86. The molecule has 0 nitrogen and oxygen atoms in total. The van der Waals surface area contributed by atoms with Crippen LogP contribution in [0.5, 0.6) is 0 Å². The fourth-order valence-corrected chi connectivity index (χ4v) is 1.62. The van der Waals surface area contributed by atoms with E-state index in [2.05, 4.69) is 0 Å². The molecule has 0 N–H and O–H groups in total. The van der Waals surface area contributed by atoms with E-state index in [1.807, 2.05) is 0 Å². The molecule has 0 aromatic rings. The molecule has 0 aromatic heterocycles. The van der Waals surface area contributed by atoms with Crippen LogP contribution < -0.4 is 0 Å². The topological polar surface area (TPSA) is 0 Å². The molecule has 0 saturated heterocycles. The van der Waals surface area contributed by atoms with Crippen LogP contribution in [0.25, 0.3) is 0 Å². The summed E-state index contributed by atoms with van der Waals surface area (Å²) in [6.45, 7) is 1.62. The Morgan fingerprint density at radius 3 is 1.48 bits per heavy atom. The van der Waals surface area contributed by atoms with E-state index in [0.29, 0.717) is 0 Å². The first-order chi connectivity index (χ1) is 10.0. The Morgan fingerprint density at radius 2 is 1.13 bits per heavy atom. The number of hydrogen-bond donors (Lipinski definition) is 0. The lowest BCUT2D eigenvalue weighted by atomic mass is 9.90. The molecule has 0 spiro atoms. The van der Waals surface area contributed by atoms with E-state index in [1.54, 1.807) is 0 Å². The minimum atomic E-state index is -7.17. The average molecular weight is 368 g/mol. The maximum atomic E-state index is 13.3. The molecule has 0 radical (unpaired) electrons. The van der Waals surface area contributed by atoms with Crippen LogP contribution >= 0.6 is 0 Å². The van der Waals surface area contributed by atoms with Gasteiger partial charge in [0.05, 0.1) is 0 Å². The second-order valence-corrected chi connectivity index (χ2v) is 5.01. The molecule has 0 aromatic carbocycles. The summed E-state index contributed by atoms with van der Waals surface area (Å²) < 4.78 is 144. The largest absolute Gasteiger partial charge is 0.384 e. The lowest BCUT2D eigenvalue weighted by molar-refractivity contribution is -0.407. The third kappa shape index (κ3) is 3.38. The van der Waals surface area contributed by atoms with Crippen LogP contribution in [0.1, 0.15) is 39.5 Å².